The van der Waals surface area contributed by atoms with Crippen molar-refractivity contribution in [3.05, 3.63) is 95.3 Å². The second kappa shape index (κ2) is 8.87. The first-order valence-corrected chi connectivity index (χ1v) is 11.7. The lowest BCUT2D eigenvalue weighted by Crippen LogP contribution is -2.15. The van der Waals surface area contributed by atoms with E-state index in [-0.39, 0.29) is 10.6 Å². The molecule has 168 valence electrons. The smallest absolute Gasteiger partial charge is 0.278 e. The number of amides is 1. The molecule has 0 fully saturated rings. The lowest BCUT2D eigenvalue weighted by Gasteiger charge is -2.10. The van der Waals surface area contributed by atoms with Gasteiger partial charge < -0.3 is 5.32 Å². The van der Waals surface area contributed by atoms with Crippen LogP contribution in [-0.2, 0) is 10.0 Å². The Kier molecular flexibility index (Phi) is 5.97. The van der Waals surface area contributed by atoms with Gasteiger partial charge in [0.1, 0.15) is 0 Å². The van der Waals surface area contributed by atoms with Crippen molar-refractivity contribution in [3.8, 4) is 5.69 Å². The van der Waals surface area contributed by atoms with Crippen molar-refractivity contribution in [1.82, 2.24) is 15.0 Å². The van der Waals surface area contributed by atoms with Crippen molar-refractivity contribution in [3.63, 3.8) is 0 Å². The van der Waals surface area contributed by atoms with Gasteiger partial charge in [-0.05, 0) is 74.9 Å². The number of carbonyl (C=O) groups excluding carboxylic acids is 1. The van der Waals surface area contributed by atoms with E-state index >= 15 is 0 Å². The summed E-state index contributed by atoms with van der Waals surface area (Å²) in [5.41, 5.74) is 4.58. The first-order valence-electron chi connectivity index (χ1n) is 10.2. The number of nitrogens with zero attached hydrogens (tertiary/aromatic N) is 3. The summed E-state index contributed by atoms with van der Waals surface area (Å²) in [5.74, 6) is -0.403. The average molecular weight is 462 g/mol. The predicted octanol–water partition coefficient (Wildman–Crippen LogP) is 4.25. The molecule has 9 heteroatoms. The van der Waals surface area contributed by atoms with E-state index in [1.165, 1.54) is 0 Å². The summed E-state index contributed by atoms with van der Waals surface area (Å²) in [6.07, 6.45) is 0. The highest BCUT2D eigenvalue weighted by Crippen LogP contribution is 2.20. The van der Waals surface area contributed by atoms with Crippen LogP contribution in [0.2, 0.25) is 0 Å². The number of anilines is 2. The zero-order valence-electron chi connectivity index (χ0n) is 18.4. The molecule has 0 radical (unpaired) electrons. The zero-order valence-corrected chi connectivity index (χ0v) is 19.2. The van der Waals surface area contributed by atoms with Crippen molar-refractivity contribution in [2.24, 2.45) is 0 Å². The first-order chi connectivity index (χ1) is 15.7. The number of benzene rings is 3. The summed E-state index contributed by atoms with van der Waals surface area (Å²) in [4.78, 5) is 12.9. The van der Waals surface area contributed by atoms with Crippen LogP contribution in [0.25, 0.3) is 5.69 Å². The van der Waals surface area contributed by atoms with Crippen molar-refractivity contribution in [2.45, 2.75) is 25.7 Å². The van der Waals surface area contributed by atoms with Crippen LogP contribution in [0.5, 0.6) is 0 Å². The zero-order chi connectivity index (χ0) is 23.6. The molecular weight excluding hydrogens is 438 g/mol. The number of hydrogen-bond donors (Lipinski definition) is 2. The summed E-state index contributed by atoms with van der Waals surface area (Å²) < 4.78 is 29.2. The fourth-order valence-electron chi connectivity index (χ4n) is 3.29. The molecule has 3 aromatic carbocycles. The monoisotopic (exact) mass is 461 g/mol. The van der Waals surface area contributed by atoms with Gasteiger partial charge in [-0.15, -0.1) is 5.10 Å². The van der Waals surface area contributed by atoms with Gasteiger partial charge in [0.2, 0.25) is 0 Å². The maximum atomic E-state index is 12.7. The lowest BCUT2D eigenvalue weighted by molar-refractivity contribution is 0.102. The Balaban J connectivity index is 1.46. The van der Waals surface area contributed by atoms with Gasteiger partial charge >= 0.3 is 0 Å². The number of nitrogens with one attached hydrogen (secondary N) is 2. The highest BCUT2D eigenvalue weighted by molar-refractivity contribution is 7.92. The molecule has 0 atom stereocenters. The third-order valence-corrected chi connectivity index (χ3v) is 6.48. The summed E-state index contributed by atoms with van der Waals surface area (Å²) in [6, 6.07) is 20.7. The molecule has 0 aliphatic rings. The first kappa shape index (κ1) is 22.2. The maximum absolute atomic E-state index is 12.7. The summed E-state index contributed by atoms with van der Waals surface area (Å²) in [6.45, 7) is 5.65. The average Bonchev–Trinajstić information content (AvgIpc) is 3.17. The molecule has 8 nitrogen and oxygen atoms in total. The topological polar surface area (TPSA) is 106 Å². The Hall–Kier alpha value is -3.98. The fraction of sp³-hybridized carbons (Fsp3) is 0.125. The minimum atomic E-state index is -3.70. The minimum Gasteiger partial charge on any atom is -0.321 e. The molecular formula is C24H23N5O3S. The minimum absolute atomic E-state index is 0.178. The van der Waals surface area contributed by atoms with Gasteiger partial charge in [0.25, 0.3) is 15.9 Å². The largest absolute Gasteiger partial charge is 0.321 e. The van der Waals surface area contributed by atoms with Gasteiger partial charge in [0.05, 0.1) is 16.3 Å². The Morgan fingerprint density at radius 1 is 0.848 bits per heavy atom. The third kappa shape index (κ3) is 4.93. The fourth-order valence-corrected chi connectivity index (χ4v) is 4.35. The van der Waals surface area contributed by atoms with Gasteiger partial charge in [0, 0.05) is 11.4 Å². The van der Waals surface area contributed by atoms with Crippen molar-refractivity contribution >= 4 is 27.3 Å². The molecule has 4 aromatic rings. The van der Waals surface area contributed by atoms with E-state index in [1.807, 2.05) is 38.1 Å². The Labute approximate surface area is 192 Å². The number of carbonyl (C=O) groups is 1. The van der Waals surface area contributed by atoms with E-state index in [1.54, 1.807) is 60.1 Å². The predicted molar refractivity (Wildman–Crippen MR) is 127 cm³/mol. The van der Waals surface area contributed by atoms with Crippen LogP contribution >= 0.6 is 0 Å². The summed E-state index contributed by atoms with van der Waals surface area (Å²) in [5, 5.41) is 10.9. The lowest BCUT2D eigenvalue weighted by atomic mass is 10.2. The van der Waals surface area contributed by atoms with E-state index in [2.05, 4.69) is 20.4 Å². The molecule has 4 rings (SSSR count). The molecule has 0 aliphatic heterocycles. The second-order valence-corrected chi connectivity index (χ2v) is 9.41. The van der Waals surface area contributed by atoms with Gasteiger partial charge in [-0.1, -0.05) is 35.0 Å². The SMILES string of the molecule is Cc1ccc(S(=O)(=O)Nc2ccc(NC(=O)c3nnn(-c4cccc(C)c4)c3C)cc2)cc1. The van der Waals surface area contributed by atoms with E-state index in [0.717, 1.165) is 16.8 Å². The molecule has 1 aromatic heterocycles. The molecule has 0 saturated heterocycles. The molecule has 33 heavy (non-hydrogen) atoms. The van der Waals surface area contributed by atoms with Crippen molar-refractivity contribution in [1.29, 1.82) is 0 Å². The van der Waals surface area contributed by atoms with Crippen LogP contribution in [0.3, 0.4) is 0 Å². The van der Waals surface area contributed by atoms with Gasteiger partial charge in [-0.2, -0.15) is 0 Å². The molecule has 0 aliphatic carbocycles. The molecule has 2 N–H and O–H groups in total. The molecule has 0 bridgehead atoms. The normalized spacial score (nSPS) is 11.2. The van der Waals surface area contributed by atoms with Crippen LogP contribution in [0.1, 0.15) is 27.3 Å². The van der Waals surface area contributed by atoms with Crippen LogP contribution in [0.4, 0.5) is 11.4 Å². The molecule has 0 spiro atoms. The Morgan fingerprint density at radius 2 is 1.52 bits per heavy atom. The quantitative estimate of drug-likeness (QED) is 0.447. The van der Waals surface area contributed by atoms with Crippen molar-refractivity contribution in [2.75, 3.05) is 10.0 Å². The standard InChI is InChI=1S/C24H23N5O3S/c1-16-7-13-22(14-8-16)33(31,32)27-20-11-9-19(10-12-20)25-24(30)23-18(3)29(28-26-23)21-6-4-5-17(2)15-21/h4-15,27H,1-3H3,(H,25,30). The molecule has 1 heterocycles. The summed E-state index contributed by atoms with van der Waals surface area (Å²) in [7, 11) is -3.70. The van der Waals surface area contributed by atoms with Gasteiger partial charge in [0.15, 0.2) is 5.69 Å². The Morgan fingerprint density at radius 3 is 2.18 bits per heavy atom. The van der Waals surface area contributed by atoms with E-state index in [4.69, 9.17) is 0 Å². The molecule has 0 saturated carbocycles. The highest BCUT2D eigenvalue weighted by atomic mass is 32.2. The van der Waals surface area contributed by atoms with Crippen molar-refractivity contribution < 1.29 is 13.2 Å². The van der Waals surface area contributed by atoms with E-state index < -0.39 is 15.9 Å². The number of aryl methyl sites for hydroxylation is 2. The highest BCUT2D eigenvalue weighted by Gasteiger charge is 2.18. The van der Waals surface area contributed by atoms with Crippen LogP contribution in [-0.4, -0.2) is 29.3 Å². The van der Waals surface area contributed by atoms with E-state index in [0.29, 0.717) is 17.1 Å². The number of aromatic nitrogens is 3. The van der Waals surface area contributed by atoms with Gasteiger partial charge in [-0.25, -0.2) is 13.1 Å². The number of hydrogen-bond acceptors (Lipinski definition) is 5. The Bertz CT molecular complexity index is 1410. The molecule has 1 amide bonds. The van der Waals surface area contributed by atoms with Crippen LogP contribution in [0.15, 0.2) is 77.7 Å². The molecule has 0 unspecified atom stereocenters. The van der Waals surface area contributed by atoms with E-state index in [9.17, 15) is 13.2 Å². The maximum Gasteiger partial charge on any atom is 0.278 e. The number of rotatable bonds is 6. The summed E-state index contributed by atoms with van der Waals surface area (Å²) >= 11 is 0. The number of sulfonamides is 1. The third-order valence-electron chi connectivity index (χ3n) is 5.08. The van der Waals surface area contributed by atoms with Gasteiger partial charge in [-0.3, -0.25) is 9.52 Å². The van der Waals surface area contributed by atoms with Crippen LogP contribution in [0, 0.1) is 20.8 Å². The second-order valence-electron chi connectivity index (χ2n) is 7.72. The van der Waals surface area contributed by atoms with Crippen LogP contribution < -0.4 is 10.0 Å².